The van der Waals surface area contributed by atoms with Crippen LogP contribution in [0.15, 0.2) is 48.5 Å². The van der Waals surface area contributed by atoms with E-state index in [0.717, 1.165) is 16.7 Å². The largest absolute Gasteiger partial charge is 0.381 e. The fourth-order valence-electron chi connectivity index (χ4n) is 3.20. The van der Waals surface area contributed by atoms with Crippen LogP contribution in [-0.2, 0) is 16.0 Å². The van der Waals surface area contributed by atoms with Crippen molar-refractivity contribution < 1.29 is 9.53 Å². The minimum atomic E-state index is -0.965. The highest BCUT2D eigenvalue weighted by atomic mass is 16.5. The van der Waals surface area contributed by atoms with Gasteiger partial charge in [-0.05, 0) is 41.7 Å². The normalized spacial score (nSPS) is 16.4. The van der Waals surface area contributed by atoms with Crippen molar-refractivity contribution in [1.29, 1.82) is 10.5 Å². The van der Waals surface area contributed by atoms with Crippen molar-refractivity contribution in [2.45, 2.75) is 30.8 Å². The summed E-state index contributed by atoms with van der Waals surface area (Å²) in [5.74, 6) is -0.295. The molecule has 6 heteroatoms. The third-order valence-corrected chi connectivity index (χ3v) is 5.04. The molecule has 1 aliphatic rings. The van der Waals surface area contributed by atoms with E-state index in [9.17, 15) is 10.1 Å². The van der Waals surface area contributed by atoms with E-state index in [-0.39, 0.29) is 5.91 Å². The van der Waals surface area contributed by atoms with Crippen molar-refractivity contribution in [2.75, 3.05) is 13.2 Å². The summed E-state index contributed by atoms with van der Waals surface area (Å²) >= 11 is 0. The van der Waals surface area contributed by atoms with Gasteiger partial charge < -0.3 is 15.8 Å². The molecular formula is C22H22N4O2. The second-order valence-corrected chi connectivity index (χ2v) is 7.01. The van der Waals surface area contributed by atoms with E-state index in [4.69, 9.17) is 15.7 Å². The molecule has 1 aliphatic heterocycles. The Morgan fingerprint density at radius 3 is 2.25 bits per heavy atom. The monoisotopic (exact) mass is 376 g/mol. The molecule has 28 heavy (non-hydrogen) atoms. The van der Waals surface area contributed by atoms with E-state index in [1.54, 1.807) is 12.1 Å². The number of carbonyl (C=O) groups is 1. The van der Waals surface area contributed by atoms with E-state index in [2.05, 4.69) is 17.5 Å². The second-order valence-electron chi connectivity index (χ2n) is 7.01. The molecule has 1 saturated heterocycles. The van der Waals surface area contributed by atoms with Crippen molar-refractivity contribution in [1.82, 2.24) is 5.32 Å². The van der Waals surface area contributed by atoms with Gasteiger partial charge in [0.1, 0.15) is 6.04 Å². The maximum atomic E-state index is 12.5. The summed E-state index contributed by atoms with van der Waals surface area (Å²) in [5.41, 5.74) is 8.82. The topological polar surface area (TPSA) is 112 Å². The van der Waals surface area contributed by atoms with E-state index < -0.39 is 11.6 Å². The fraction of sp³-hybridized carbons (Fsp3) is 0.318. The summed E-state index contributed by atoms with van der Waals surface area (Å²) in [4.78, 5) is 12.5. The molecule has 0 unspecified atom stereocenters. The number of nitrogens with two attached hydrogens (primary N) is 1. The molecule has 0 bridgehead atoms. The molecule has 0 aliphatic carbocycles. The van der Waals surface area contributed by atoms with Crippen LogP contribution in [0.2, 0.25) is 0 Å². The van der Waals surface area contributed by atoms with Crippen molar-refractivity contribution in [3.63, 3.8) is 0 Å². The molecule has 0 radical (unpaired) electrons. The Labute approximate surface area is 164 Å². The van der Waals surface area contributed by atoms with Gasteiger partial charge >= 0.3 is 0 Å². The van der Waals surface area contributed by atoms with E-state index in [0.29, 0.717) is 38.0 Å². The number of hydrogen-bond acceptors (Lipinski definition) is 5. The molecule has 1 atom stereocenters. The average Bonchev–Trinajstić information content (AvgIpc) is 2.74. The van der Waals surface area contributed by atoms with Crippen LogP contribution in [0.3, 0.4) is 0 Å². The maximum absolute atomic E-state index is 12.5. The third-order valence-electron chi connectivity index (χ3n) is 5.04. The number of amides is 1. The summed E-state index contributed by atoms with van der Waals surface area (Å²) < 4.78 is 5.26. The molecule has 0 spiro atoms. The van der Waals surface area contributed by atoms with Gasteiger partial charge in [0, 0.05) is 19.6 Å². The first-order valence-electron chi connectivity index (χ1n) is 9.21. The highest BCUT2D eigenvalue weighted by Gasteiger charge is 2.36. The lowest BCUT2D eigenvalue weighted by atomic mass is 9.90. The standard InChI is InChI=1S/C22H22N4O2/c23-14-17-3-7-19(8-4-17)18-5-1-16(2-6-18)13-20(15-24)26-21(27)22(25)9-11-28-12-10-22/h1-8,20H,9-13,25H2,(H,26,27)/t20-/m0/s1/i14+2. The van der Waals surface area contributed by atoms with Crippen LogP contribution in [0, 0.1) is 22.7 Å². The zero-order chi connectivity index (χ0) is 20.0. The third kappa shape index (κ3) is 4.55. The second kappa shape index (κ2) is 8.67. The minimum absolute atomic E-state index is 0.295. The SMILES string of the molecule is N#C[C@H](Cc1ccc(-c2ccc([14C]#N)cc2)cc1)NC(=O)C1(N)CCOCC1. The summed E-state index contributed by atoms with van der Waals surface area (Å²) in [6.45, 7) is 0.913. The first-order chi connectivity index (χ1) is 13.5. The Hall–Kier alpha value is -3.19. The first-order valence-corrected chi connectivity index (χ1v) is 9.21. The highest BCUT2D eigenvalue weighted by molar-refractivity contribution is 5.86. The van der Waals surface area contributed by atoms with E-state index in [1.807, 2.05) is 36.4 Å². The summed E-state index contributed by atoms with van der Waals surface area (Å²) in [5, 5.41) is 21.1. The molecule has 0 aromatic heterocycles. The summed E-state index contributed by atoms with van der Waals surface area (Å²) in [6, 6.07) is 18.8. The molecule has 142 valence electrons. The molecule has 0 saturated carbocycles. The van der Waals surface area contributed by atoms with Crippen molar-refractivity contribution in [3.8, 4) is 23.3 Å². The van der Waals surface area contributed by atoms with Crippen molar-refractivity contribution in [3.05, 3.63) is 59.7 Å². The Kier molecular flexibility index (Phi) is 6.06. The molecule has 1 fully saturated rings. The quantitative estimate of drug-likeness (QED) is 0.831. The number of benzene rings is 2. The van der Waals surface area contributed by atoms with Gasteiger partial charge in [-0.15, -0.1) is 0 Å². The molecule has 3 N–H and O–H groups in total. The van der Waals surface area contributed by atoms with Gasteiger partial charge in [0.15, 0.2) is 0 Å². The molecular weight excluding hydrogens is 354 g/mol. The molecule has 2 aromatic carbocycles. The smallest absolute Gasteiger partial charge is 0.241 e. The molecule has 6 nitrogen and oxygen atoms in total. The number of ether oxygens (including phenoxy) is 1. The van der Waals surface area contributed by atoms with Gasteiger partial charge in [-0.1, -0.05) is 36.4 Å². The predicted octanol–water partition coefficient (Wildman–Crippen LogP) is 2.28. The van der Waals surface area contributed by atoms with Gasteiger partial charge in [-0.2, -0.15) is 10.5 Å². The van der Waals surface area contributed by atoms with Gasteiger partial charge in [-0.25, -0.2) is 0 Å². The van der Waals surface area contributed by atoms with Crippen LogP contribution in [-0.4, -0.2) is 30.7 Å². The maximum Gasteiger partial charge on any atom is 0.241 e. The zero-order valence-corrected chi connectivity index (χ0v) is 15.5. The number of nitrogens with zero attached hydrogens (tertiary/aromatic N) is 2. The Balaban J connectivity index is 1.64. The lowest BCUT2D eigenvalue weighted by Crippen LogP contribution is -2.58. The van der Waals surface area contributed by atoms with Crippen molar-refractivity contribution >= 4 is 5.91 Å². The van der Waals surface area contributed by atoms with Crippen LogP contribution in [0.5, 0.6) is 0 Å². The summed E-state index contributed by atoms with van der Waals surface area (Å²) in [6.07, 6.45) is 1.31. The molecule has 1 heterocycles. The Morgan fingerprint density at radius 1 is 1.14 bits per heavy atom. The lowest BCUT2D eigenvalue weighted by Gasteiger charge is -2.32. The van der Waals surface area contributed by atoms with Crippen molar-refractivity contribution in [2.24, 2.45) is 5.73 Å². The van der Waals surface area contributed by atoms with Crippen LogP contribution < -0.4 is 11.1 Å². The van der Waals surface area contributed by atoms with Gasteiger partial charge in [0.25, 0.3) is 0 Å². The highest BCUT2D eigenvalue weighted by Crippen LogP contribution is 2.21. The number of carbonyl (C=O) groups excluding carboxylic acids is 1. The van der Waals surface area contributed by atoms with E-state index >= 15 is 0 Å². The lowest BCUT2D eigenvalue weighted by molar-refractivity contribution is -0.130. The van der Waals surface area contributed by atoms with Crippen LogP contribution in [0.1, 0.15) is 24.0 Å². The van der Waals surface area contributed by atoms with Gasteiger partial charge in [0.05, 0.1) is 23.2 Å². The van der Waals surface area contributed by atoms with Crippen LogP contribution in [0.4, 0.5) is 0 Å². The number of nitrogens with one attached hydrogen (secondary N) is 1. The van der Waals surface area contributed by atoms with Crippen LogP contribution in [0.25, 0.3) is 11.1 Å². The minimum Gasteiger partial charge on any atom is -0.381 e. The predicted molar refractivity (Wildman–Crippen MR) is 105 cm³/mol. The average molecular weight is 376 g/mol. The zero-order valence-electron chi connectivity index (χ0n) is 15.5. The van der Waals surface area contributed by atoms with Gasteiger partial charge in [-0.3, -0.25) is 4.79 Å². The first kappa shape index (κ1) is 19.6. The number of nitriles is 2. The number of hydrogen-bond donors (Lipinski definition) is 2. The molecule has 2 aromatic rings. The Bertz CT molecular complexity index is 902. The molecule has 3 rings (SSSR count). The van der Waals surface area contributed by atoms with E-state index in [1.165, 1.54) is 0 Å². The Morgan fingerprint density at radius 2 is 1.71 bits per heavy atom. The number of rotatable bonds is 5. The molecule has 1 amide bonds. The summed E-state index contributed by atoms with van der Waals surface area (Å²) in [7, 11) is 0. The fourth-order valence-corrected chi connectivity index (χ4v) is 3.20. The van der Waals surface area contributed by atoms with Crippen LogP contribution >= 0.6 is 0 Å². The van der Waals surface area contributed by atoms with Gasteiger partial charge in [0.2, 0.25) is 5.91 Å².